The highest BCUT2D eigenvalue weighted by Gasteiger charge is 2.67. The third-order valence-electron chi connectivity index (χ3n) is 12.0. The van der Waals surface area contributed by atoms with E-state index in [-0.39, 0.29) is 60.2 Å². The minimum Gasteiger partial charge on any atom is -0.504 e. The number of aryl methyl sites for hydroxylation is 2. The largest absolute Gasteiger partial charge is 0.504 e. The molecule has 4 atom stereocenters. The van der Waals surface area contributed by atoms with E-state index in [4.69, 9.17) is 14.2 Å². The van der Waals surface area contributed by atoms with Crippen molar-refractivity contribution < 1.29 is 28.9 Å². The topological polar surface area (TPSA) is 166 Å². The van der Waals surface area contributed by atoms with Crippen molar-refractivity contribution in [2.75, 3.05) is 21.3 Å². The maximum absolute atomic E-state index is 14.4. The van der Waals surface area contributed by atoms with E-state index in [1.807, 2.05) is 6.08 Å². The van der Waals surface area contributed by atoms with Crippen LogP contribution in [0.15, 0.2) is 67.5 Å². The second-order valence-electron chi connectivity index (χ2n) is 14.2. The first-order valence-corrected chi connectivity index (χ1v) is 17.0. The molecule has 272 valence electrons. The predicted molar refractivity (Wildman–Crippen MR) is 190 cm³/mol. The van der Waals surface area contributed by atoms with Crippen LogP contribution in [0.4, 0.5) is 0 Å². The first-order chi connectivity index (χ1) is 24.7. The summed E-state index contributed by atoms with van der Waals surface area (Å²) < 4.78 is 21.4. The number of rotatable bonds is 7. The molecule has 0 bridgehead atoms. The number of para-hydroxylation sites is 1. The highest BCUT2D eigenvalue weighted by Crippen LogP contribution is 2.67. The van der Waals surface area contributed by atoms with Gasteiger partial charge in [0.2, 0.25) is 0 Å². The van der Waals surface area contributed by atoms with E-state index in [9.17, 15) is 29.1 Å². The van der Waals surface area contributed by atoms with Gasteiger partial charge in [-0.3, -0.25) is 14.4 Å². The Morgan fingerprint density at radius 3 is 2.23 bits per heavy atom. The maximum atomic E-state index is 14.4. The highest BCUT2D eigenvalue weighted by molar-refractivity contribution is 6.17. The number of aromatic hydroxyl groups is 1. The average Bonchev–Trinajstić information content (AvgIpc) is 3.39. The van der Waals surface area contributed by atoms with Crippen LogP contribution >= 0.6 is 0 Å². The zero-order valence-electron chi connectivity index (χ0n) is 30.4. The second kappa shape index (κ2) is 12.0. The van der Waals surface area contributed by atoms with Crippen molar-refractivity contribution in [1.29, 1.82) is 0 Å². The van der Waals surface area contributed by atoms with Crippen LogP contribution < -0.4 is 31.1 Å². The van der Waals surface area contributed by atoms with E-state index in [0.29, 0.717) is 44.8 Å². The smallest absolute Gasteiger partial charge is 0.347 e. The van der Waals surface area contributed by atoms with Crippen LogP contribution in [0.1, 0.15) is 57.3 Å². The Morgan fingerprint density at radius 2 is 1.56 bits per heavy atom. The molecule has 1 saturated carbocycles. The summed E-state index contributed by atoms with van der Waals surface area (Å²) >= 11 is 0. The molecular formula is C38H41N5O9. The van der Waals surface area contributed by atoms with Gasteiger partial charge in [-0.15, -0.1) is 0 Å². The summed E-state index contributed by atoms with van der Waals surface area (Å²) in [5.74, 6) is -0.381. The van der Waals surface area contributed by atoms with Gasteiger partial charge in [-0.2, -0.15) is 0 Å². The van der Waals surface area contributed by atoms with Gasteiger partial charge in [0, 0.05) is 49.0 Å². The third-order valence-corrected chi connectivity index (χ3v) is 12.0. The van der Waals surface area contributed by atoms with E-state index < -0.39 is 34.2 Å². The standard InChI is InChI=1S/C38H41N5O9/c1-19-20(2)33(46)38(4)30(22-10-9-11-27(50-6)31(22)44)21-12-15-42-35(48)41(36(49)43(42)26(21)18-37(38,3)32(19)45)14-13-23-34(47)40(5)25-17-29(52-8)28(51-7)16-24(25)39-23/h9-12,16-17,26,30,44H,13-15,18H2,1-8H3/t26-,30-,37+,38-/m1/s1. The first kappa shape index (κ1) is 34.8. The number of nitrogens with zero attached hydrogens (tertiary/aromatic N) is 5. The fourth-order valence-corrected chi connectivity index (χ4v) is 8.81. The molecule has 3 heterocycles. The summed E-state index contributed by atoms with van der Waals surface area (Å²) in [6, 6.07) is 7.53. The van der Waals surface area contributed by atoms with E-state index >= 15 is 0 Å². The summed E-state index contributed by atoms with van der Waals surface area (Å²) in [4.78, 5) is 75.0. The molecule has 1 aliphatic heterocycles. The van der Waals surface area contributed by atoms with Crippen molar-refractivity contribution in [2.45, 2.75) is 65.6 Å². The molecule has 0 amide bonds. The van der Waals surface area contributed by atoms with Gasteiger partial charge in [0.05, 0.1) is 50.4 Å². The number of methoxy groups -OCH3 is 3. The number of aromatic nitrogens is 5. The number of carbonyl (C=O) groups is 2. The monoisotopic (exact) mass is 711 g/mol. The van der Waals surface area contributed by atoms with Gasteiger partial charge >= 0.3 is 11.4 Å². The van der Waals surface area contributed by atoms with Crippen molar-refractivity contribution in [3.8, 4) is 23.0 Å². The Hall–Kier alpha value is -5.66. The number of hydrogen-bond acceptors (Lipinski definition) is 10. The van der Waals surface area contributed by atoms with Crippen LogP contribution in [0.3, 0.4) is 0 Å². The first-order valence-electron chi connectivity index (χ1n) is 17.0. The van der Waals surface area contributed by atoms with Crippen LogP contribution in [0.2, 0.25) is 0 Å². The molecular weight excluding hydrogens is 670 g/mol. The lowest BCUT2D eigenvalue weighted by molar-refractivity contribution is -0.151. The Bertz CT molecular complexity index is 2480. The van der Waals surface area contributed by atoms with Gasteiger partial charge in [-0.1, -0.05) is 32.1 Å². The van der Waals surface area contributed by atoms with Gasteiger partial charge in [0.1, 0.15) is 5.69 Å². The SMILES string of the molecule is COc1cc2nc(CCn3c(=O)n4n(c3=O)[C@@H]3C[C@@]5(C)C(=O)C(C)=C(C)C(=O)[C@@]5(C)[C@@H](c5cccc(OC)c5O)C3=CC4)c(=O)n(C)c2cc1OC. The van der Waals surface area contributed by atoms with Crippen LogP contribution in [0.25, 0.3) is 11.0 Å². The zero-order chi connectivity index (χ0) is 37.6. The van der Waals surface area contributed by atoms with Crippen molar-refractivity contribution in [1.82, 2.24) is 23.5 Å². The molecule has 0 unspecified atom stereocenters. The molecule has 0 saturated heterocycles. The molecule has 1 fully saturated rings. The number of hydrogen-bond donors (Lipinski definition) is 1. The fourth-order valence-electron chi connectivity index (χ4n) is 8.81. The van der Waals surface area contributed by atoms with Crippen LogP contribution in [-0.2, 0) is 36.1 Å². The minimum atomic E-state index is -1.34. The Morgan fingerprint density at radius 1 is 0.904 bits per heavy atom. The minimum absolute atomic E-state index is 0.00847. The number of carbonyl (C=O) groups excluding carboxylic acids is 2. The molecule has 1 N–H and O–H groups in total. The average molecular weight is 712 g/mol. The van der Waals surface area contributed by atoms with Gasteiger partial charge in [-0.25, -0.2) is 28.5 Å². The van der Waals surface area contributed by atoms with Crippen molar-refractivity contribution in [2.24, 2.45) is 17.9 Å². The van der Waals surface area contributed by atoms with E-state index in [1.165, 1.54) is 35.3 Å². The number of benzene rings is 2. The van der Waals surface area contributed by atoms with E-state index in [2.05, 4.69) is 4.98 Å². The molecule has 2 aliphatic carbocycles. The van der Waals surface area contributed by atoms with Crippen LogP contribution in [0, 0.1) is 10.8 Å². The van der Waals surface area contributed by atoms with Gasteiger partial charge in [0.25, 0.3) is 5.56 Å². The summed E-state index contributed by atoms with van der Waals surface area (Å²) in [5, 5.41) is 11.5. The van der Waals surface area contributed by atoms with Crippen molar-refractivity contribution in [3.05, 3.63) is 95.7 Å². The molecule has 14 heteroatoms. The zero-order valence-corrected chi connectivity index (χ0v) is 30.4. The number of allylic oxidation sites excluding steroid dienone is 4. The molecule has 4 aromatic rings. The molecule has 0 spiro atoms. The summed E-state index contributed by atoms with van der Waals surface area (Å²) in [7, 11) is 6.03. The lowest BCUT2D eigenvalue weighted by Crippen LogP contribution is -2.61. The number of phenols is 1. The Labute approximate surface area is 298 Å². The molecule has 2 aromatic carbocycles. The normalized spacial score (nSPS) is 24.0. The van der Waals surface area contributed by atoms with Crippen molar-refractivity contribution >= 4 is 22.6 Å². The highest BCUT2D eigenvalue weighted by atomic mass is 16.5. The van der Waals surface area contributed by atoms with Gasteiger partial charge in [-0.05, 0) is 43.1 Å². The summed E-state index contributed by atoms with van der Waals surface area (Å²) in [5.41, 5.74) is -1.37. The number of ketones is 2. The number of ether oxygens (including phenoxy) is 3. The molecule has 7 rings (SSSR count). The Balaban J connectivity index is 1.35. The number of fused-ring (bicyclic) bond motifs is 5. The molecule has 2 aromatic heterocycles. The molecule has 52 heavy (non-hydrogen) atoms. The predicted octanol–water partition coefficient (Wildman–Crippen LogP) is 3.20. The number of phenolic OH excluding ortho intramolecular Hbond substituents is 1. The van der Waals surface area contributed by atoms with Gasteiger partial charge < -0.3 is 23.9 Å². The van der Waals surface area contributed by atoms with E-state index in [1.54, 1.807) is 65.1 Å². The lowest BCUT2D eigenvalue weighted by atomic mass is 9.43. The van der Waals surface area contributed by atoms with Crippen molar-refractivity contribution in [3.63, 3.8) is 0 Å². The molecule has 3 aliphatic rings. The lowest BCUT2D eigenvalue weighted by Gasteiger charge is -2.58. The van der Waals surface area contributed by atoms with E-state index in [0.717, 1.165) is 4.57 Å². The van der Waals surface area contributed by atoms with Crippen LogP contribution in [-0.4, -0.2) is 61.5 Å². The molecule has 0 radical (unpaired) electrons. The quantitative estimate of drug-likeness (QED) is 0.282. The Kier molecular flexibility index (Phi) is 8.00. The van der Waals surface area contributed by atoms with Crippen LogP contribution in [0.5, 0.6) is 23.0 Å². The number of Topliss-reactive ketones (excluding diaryl/α,β-unsaturated/α-hetero) is 2. The third kappa shape index (κ3) is 4.48. The van der Waals surface area contributed by atoms with Gasteiger partial charge in [0.15, 0.2) is 34.6 Å². The molecule has 14 nitrogen and oxygen atoms in total. The maximum Gasteiger partial charge on any atom is 0.347 e. The second-order valence-corrected chi connectivity index (χ2v) is 14.2. The fraction of sp³-hybridized carbons (Fsp3) is 0.421. The summed E-state index contributed by atoms with van der Waals surface area (Å²) in [6.07, 6.45) is 1.87. The summed E-state index contributed by atoms with van der Waals surface area (Å²) in [6.45, 7) is 6.67.